The molecule has 1 saturated heterocycles. The number of ether oxygens (including phenoxy) is 1. The van der Waals surface area contributed by atoms with Crippen LogP contribution in [0.2, 0.25) is 0 Å². The molecule has 0 aromatic carbocycles. The molecule has 7 nitrogen and oxygen atoms in total. The van der Waals surface area contributed by atoms with E-state index in [1.165, 1.54) is 4.31 Å². The van der Waals surface area contributed by atoms with E-state index in [1.54, 1.807) is 7.11 Å². The minimum absolute atomic E-state index is 0.282. The van der Waals surface area contributed by atoms with Gasteiger partial charge in [0.1, 0.15) is 6.04 Å². The van der Waals surface area contributed by atoms with Gasteiger partial charge in [0.25, 0.3) is 10.2 Å². The molecule has 0 spiro atoms. The molecular formula is C13H22N2O5S. The number of rotatable bonds is 5. The van der Waals surface area contributed by atoms with Crippen molar-refractivity contribution in [1.82, 2.24) is 8.61 Å². The number of carboxylic acid groups (broad SMARTS) is 1. The monoisotopic (exact) mass is 318 g/mol. The molecule has 21 heavy (non-hydrogen) atoms. The van der Waals surface area contributed by atoms with Crippen LogP contribution >= 0.6 is 0 Å². The third kappa shape index (κ3) is 3.63. The number of hydrogen-bond acceptors (Lipinski definition) is 4. The molecule has 0 aromatic heterocycles. The first-order chi connectivity index (χ1) is 9.96. The van der Waals surface area contributed by atoms with Crippen LogP contribution in [0, 0.1) is 0 Å². The average molecular weight is 318 g/mol. The molecule has 8 heteroatoms. The highest BCUT2D eigenvalue weighted by Gasteiger charge is 2.40. The zero-order chi connectivity index (χ0) is 15.5. The van der Waals surface area contributed by atoms with Crippen LogP contribution in [0.25, 0.3) is 0 Å². The molecule has 0 aromatic rings. The van der Waals surface area contributed by atoms with Gasteiger partial charge in [-0.1, -0.05) is 6.08 Å². The van der Waals surface area contributed by atoms with Crippen molar-refractivity contribution >= 4 is 16.2 Å². The van der Waals surface area contributed by atoms with E-state index < -0.39 is 22.2 Å². The van der Waals surface area contributed by atoms with E-state index in [0.29, 0.717) is 32.4 Å². The summed E-state index contributed by atoms with van der Waals surface area (Å²) in [6, 6.07) is -0.937. The van der Waals surface area contributed by atoms with Crippen molar-refractivity contribution in [3.05, 3.63) is 11.6 Å². The van der Waals surface area contributed by atoms with Crippen molar-refractivity contribution in [2.24, 2.45) is 0 Å². The van der Waals surface area contributed by atoms with E-state index in [0.717, 1.165) is 16.3 Å². The number of hydrogen-bond donors (Lipinski definition) is 1. The fourth-order valence-corrected chi connectivity index (χ4v) is 4.55. The van der Waals surface area contributed by atoms with Crippen LogP contribution in [-0.2, 0) is 19.7 Å². The van der Waals surface area contributed by atoms with E-state index in [4.69, 9.17) is 4.74 Å². The highest BCUT2D eigenvalue weighted by atomic mass is 32.2. The van der Waals surface area contributed by atoms with E-state index in [2.05, 4.69) is 0 Å². The van der Waals surface area contributed by atoms with Crippen molar-refractivity contribution in [2.45, 2.75) is 31.7 Å². The minimum Gasteiger partial charge on any atom is -0.480 e. The second kappa shape index (κ2) is 6.87. The summed E-state index contributed by atoms with van der Waals surface area (Å²) in [7, 11) is -2.11. The molecule has 0 radical (unpaired) electrons. The number of piperidine rings is 1. The Labute approximate surface area is 125 Å². The molecule has 2 aliphatic rings. The van der Waals surface area contributed by atoms with Crippen LogP contribution in [0.1, 0.15) is 25.7 Å². The number of aliphatic carboxylic acids is 1. The van der Waals surface area contributed by atoms with Crippen LogP contribution in [0.3, 0.4) is 0 Å². The molecular weight excluding hydrogens is 296 g/mol. The van der Waals surface area contributed by atoms with Gasteiger partial charge in [0.2, 0.25) is 0 Å². The molecule has 1 fully saturated rings. The van der Waals surface area contributed by atoms with Gasteiger partial charge in [-0.05, 0) is 31.3 Å². The van der Waals surface area contributed by atoms with Crippen molar-refractivity contribution in [3.63, 3.8) is 0 Å². The van der Waals surface area contributed by atoms with Gasteiger partial charge in [-0.3, -0.25) is 4.79 Å². The van der Waals surface area contributed by atoms with Gasteiger partial charge in [-0.15, -0.1) is 0 Å². The summed E-state index contributed by atoms with van der Waals surface area (Å²) in [5, 5.41) is 9.23. The molecule has 0 bridgehead atoms. The molecule has 0 saturated carbocycles. The van der Waals surface area contributed by atoms with Crippen LogP contribution < -0.4 is 0 Å². The standard InChI is InChI=1S/C13H22N2O5S/c1-20-10-11-5-8-14(9-6-11)21(18,19)15-7-3-2-4-12(15)13(16)17/h5,12H,2-4,6-10H2,1H3,(H,16,17). The third-order valence-electron chi connectivity index (χ3n) is 3.96. The number of carbonyl (C=O) groups is 1. The van der Waals surface area contributed by atoms with Gasteiger partial charge in [-0.25, -0.2) is 0 Å². The SMILES string of the molecule is COCC1=CCN(S(=O)(=O)N2CCCCC2C(=O)O)CC1. The van der Waals surface area contributed by atoms with Crippen LogP contribution in [0.4, 0.5) is 0 Å². The normalized spacial score (nSPS) is 25.6. The van der Waals surface area contributed by atoms with Gasteiger partial charge >= 0.3 is 5.97 Å². The van der Waals surface area contributed by atoms with Crippen LogP contribution in [0.5, 0.6) is 0 Å². The maximum absolute atomic E-state index is 12.6. The Kier molecular flexibility index (Phi) is 5.37. The second-order valence-corrected chi connectivity index (χ2v) is 7.25. The summed E-state index contributed by atoms with van der Waals surface area (Å²) in [5.41, 5.74) is 1.08. The Bertz CT molecular complexity index is 517. The topological polar surface area (TPSA) is 87.2 Å². The fourth-order valence-electron chi connectivity index (χ4n) is 2.79. The largest absolute Gasteiger partial charge is 0.480 e. The first-order valence-corrected chi connectivity index (χ1v) is 8.53. The molecule has 1 atom stereocenters. The number of nitrogens with zero attached hydrogens (tertiary/aromatic N) is 2. The molecule has 1 N–H and O–H groups in total. The molecule has 0 amide bonds. The predicted molar refractivity (Wildman–Crippen MR) is 77.0 cm³/mol. The van der Waals surface area contributed by atoms with Crippen molar-refractivity contribution in [2.75, 3.05) is 33.4 Å². The molecule has 2 heterocycles. The zero-order valence-electron chi connectivity index (χ0n) is 12.2. The summed E-state index contributed by atoms with van der Waals surface area (Å²) in [6.07, 6.45) is 4.32. The molecule has 2 rings (SSSR count). The lowest BCUT2D eigenvalue weighted by molar-refractivity contribution is -0.142. The summed E-state index contributed by atoms with van der Waals surface area (Å²) in [5.74, 6) is -1.06. The summed E-state index contributed by atoms with van der Waals surface area (Å²) >= 11 is 0. The predicted octanol–water partition coefficient (Wildman–Crippen LogP) is 0.449. The fraction of sp³-hybridized carbons (Fsp3) is 0.769. The van der Waals surface area contributed by atoms with Crippen molar-refractivity contribution < 1.29 is 23.1 Å². The van der Waals surface area contributed by atoms with Gasteiger partial charge in [0.05, 0.1) is 6.61 Å². The first kappa shape index (κ1) is 16.4. The van der Waals surface area contributed by atoms with Gasteiger partial charge in [0.15, 0.2) is 0 Å². The van der Waals surface area contributed by atoms with E-state index in [1.807, 2.05) is 6.08 Å². The molecule has 120 valence electrons. The second-order valence-electron chi connectivity index (χ2n) is 5.37. The Morgan fingerprint density at radius 1 is 1.43 bits per heavy atom. The molecule has 1 unspecified atom stereocenters. The Morgan fingerprint density at radius 2 is 2.19 bits per heavy atom. The van der Waals surface area contributed by atoms with Crippen LogP contribution in [-0.4, -0.2) is 67.5 Å². The quantitative estimate of drug-likeness (QED) is 0.744. The third-order valence-corrected chi connectivity index (χ3v) is 5.97. The molecule has 0 aliphatic carbocycles. The lowest BCUT2D eigenvalue weighted by atomic mass is 10.1. The Hall–Kier alpha value is -0.960. The molecule has 2 aliphatic heterocycles. The van der Waals surface area contributed by atoms with Gasteiger partial charge in [-0.2, -0.15) is 17.0 Å². The smallest absolute Gasteiger partial charge is 0.322 e. The van der Waals surface area contributed by atoms with Gasteiger partial charge in [0, 0.05) is 26.7 Å². The van der Waals surface area contributed by atoms with Crippen molar-refractivity contribution in [1.29, 1.82) is 0 Å². The highest BCUT2D eigenvalue weighted by Crippen LogP contribution is 2.25. The Morgan fingerprint density at radius 3 is 2.76 bits per heavy atom. The van der Waals surface area contributed by atoms with E-state index >= 15 is 0 Å². The number of methoxy groups -OCH3 is 1. The van der Waals surface area contributed by atoms with Crippen molar-refractivity contribution in [3.8, 4) is 0 Å². The lowest BCUT2D eigenvalue weighted by Gasteiger charge is -2.36. The highest BCUT2D eigenvalue weighted by molar-refractivity contribution is 7.86. The zero-order valence-corrected chi connectivity index (χ0v) is 13.0. The van der Waals surface area contributed by atoms with Crippen LogP contribution in [0.15, 0.2) is 11.6 Å². The van der Waals surface area contributed by atoms with Gasteiger partial charge < -0.3 is 9.84 Å². The van der Waals surface area contributed by atoms with E-state index in [-0.39, 0.29) is 13.1 Å². The minimum atomic E-state index is -3.72. The lowest BCUT2D eigenvalue weighted by Crippen LogP contribution is -2.54. The average Bonchev–Trinajstić information content (AvgIpc) is 2.48. The first-order valence-electron chi connectivity index (χ1n) is 7.13. The van der Waals surface area contributed by atoms with E-state index in [9.17, 15) is 18.3 Å². The summed E-state index contributed by atoms with van der Waals surface area (Å²) in [6.45, 7) is 1.45. The summed E-state index contributed by atoms with van der Waals surface area (Å²) in [4.78, 5) is 11.3. The number of carboxylic acids is 1. The maximum Gasteiger partial charge on any atom is 0.322 e. The Balaban J connectivity index is 2.12. The maximum atomic E-state index is 12.6. The summed E-state index contributed by atoms with van der Waals surface area (Å²) < 4.78 is 32.8.